The van der Waals surface area contributed by atoms with Crippen molar-refractivity contribution in [3.8, 4) is 5.75 Å². The van der Waals surface area contributed by atoms with Crippen LogP contribution in [-0.4, -0.2) is 40.8 Å². The van der Waals surface area contributed by atoms with Crippen LogP contribution in [0.3, 0.4) is 0 Å². The first-order chi connectivity index (χ1) is 13.5. The van der Waals surface area contributed by atoms with Crippen molar-refractivity contribution in [1.29, 1.82) is 0 Å². The number of halogens is 1. The normalized spacial score (nSPS) is 21.8. The van der Waals surface area contributed by atoms with Gasteiger partial charge in [-0.3, -0.25) is 0 Å². The lowest BCUT2D eigenvalue weighted by molar-refractivity contribution is 0.187. The molecule has 0 amide bonds. The van der Waals surface area contributed by atoms with Gasteiger partial charge in [-0.05, 0) is 42.7 Å². The monoisotopic (exact) mass is 422 g/mol. The van der Waals surface area contributed by atoms with Gasteiger partial charge < -0.3 is 14.8 Å². The zero-order valence-corrected chi connectivity index (χ0v) is 16.9. The number of hydrogen-bond donors (Lipinski definition) is 2. The van der Waals surface area contributed by atoms with Crippen molar-refractivity contribution in [2.24, 2.45) is 5.92 Å². The Morgan fingerprint density at radius 3 is 2.79 bits per heavy atom. The zero-order chi connectivity index (χ0) is 19.6. The summed E-state index contributed by atoms with van der Waals surface area (Å²) >= 11 is 6.29. The van der Waals surface area contributed by atoms with E-state index in [1.54, 1.807) is 12.1 Å². The third kappa shape index (κ3) is 4.43. The Kier molecular flexibility index (Phi) is 5.78. The van der Waals surface area contributed by atoms with Crippen LogP contribution in [0.15, 0.2) is 47.4 Å². The van der Waals surface area contributed by atoms with E-state index in [4.69, 9.17) is 21.1 Å². The highest BCUT2D eigenvalue weighted by Crippen LogP contribution is 2.28. The van der Waals surface area contributed by atoms with Crippen LogP contribution in [-0.2, 0) is 21.2 Å². The number of hydrogen-bond acceptors (Lipinski definition) is 5. The summed E-state index contributed by atoms with van der Waals surface area (Å²) in [5.74, 6) is 1.28. The molecule has 6 nitrogen and oxygen atoms in total. The number of benzene rings is 2. The van der Waals surface area contributed by atoms with Gasteiger partial charge in [-0.2, -0.15) is 0 Å². The van der Waals surface area contributed by atoms with E-state index in [-0.39, 0.29) is 22.6 Å². The van der Waals surface area contributed by atoms with Crippen LogP contribution in [0.5, 0.6) is 5.75 Å². The Morgan fingerprint density at radius 2 is 2.00 bits per heavy atom. The van der Waals surface area contributed by atoms with E-state index in [1.807, 2.05) is 24.3 Å². The van der Waals surface area contributed by atoms with Gasteiger partial charge in [0.25, 0.3) is 0 Å². The number of nitrogens with one attached hydrogen (secondary N) is 2. The molecule has 2 unspecified atom stereocenters. The summed E-state index contributed by atoms with van der Waals surface area (Å²) in [5.41, 5.74) is 1.79. The Hall–Kier alpha value is -1.80. The molecule has 2 aliphatic heterocycles. The smallest absolute Gasteiger partial charge is 0.242 e. The lowest BCUT2D eigenvalue weighted by Gasteiger charge is -2.26. The molecule has 0 aliphatic carbocycles. The van der Waals surface area contributed by atoms with Crippen LogP contribution in [0.1, 0.15) is 12.0 Å². The Balaban J connectivity index is 1.42. The van der Waals surface area contributed by atoms with Crippen LogP contribution in [0, 0.1) is 5.92 Å². The Bertz CT molecular complexity index is 945. The van der Waals surface area contributed by atoms with Gasteiger partial charge in [0.1, 0.15) is 17.3 Å². The molecule has 8 heteroatoms. The molecule has 2 aromatic rings. The second-order valence-electron chi connectivity index (χ2n) is 7.20. The maximum Gasteiger partial charge on any atom is 0.242 e. The third-order valence-corrected chi connectivity index (χ3v) is 7.04. The zero-order valence-electron chi connectivity index (χ0n) is 15.4. The van der Waals surface area contributed by atoms with E-state index >= 15 is 0 Å². The van der Waals surface area contributed by atoms with Crippen LogP contribution >= 0.6 is 11.6 Å². The van der Waals surface area contributed by atoms with Crippen molar-refractivity contribution >= 4 is 27.3 Å². The van der Waals surface area contributed by atoms with Crippen molar-refractivity contribution in [2.45, 2.75) is 23.8 Å². The van der Waals surface area contributed by atoms with Gasteiger partial charge >= 0.3 is 0 Å². The molecule has 2 heterocycles. The van der Waals surface area contributed by atoms with Crippen molar-refractivity contribution in [3.63, 3.8) is 0 Å². The van der Waals surface area contributed by atoms with Gasteiger partial charge in [0, 0.05) is 24.8 Å². The van der Waals surface area contributed by atoms with Gasteiger partial charge in [-0.1, -0.05) is 29.8 Å². The predicted octanol–water partition coefficient (Wildman–Crippen LogP) is 3.07. The predicted molar refractivity (Wildman–Crippen MR) is 109 cm³/mol. The summed E-state index contributed by atoms with van der Waals surface area (Å²) in [6, 6.07) is 12.2. The molecule has 1 fully saturated rings. The van der Waals surface area contributed by atoms with Gasteiger partial charge in [0.05, 0.1) is 17.7 Å². The molecule has 0 bridgehead atoms. The highest BCUT2D eigenvalue weighted by atomic mass is 35.5. The number of fused-ring (bicyclic) bond motifs is 1. The maximum atomic E-state index is 12.8. The maximum absolute atomic E-state index is 12.8. The average Bonchev–Trinajstić information content (AvgIpc) is 3.19. The molecule has 2 aromatic carbocycles. The van der Waals surface area contributed by atoms with Crippen molar-refractivity contribution in [1.82, 2.24) is 4.72 Å². The summed E-state index contributed by atoms with van der Waals surface area (Å²) in [6.45, 7) is 2.62. The molecular weight excluding hydrogens is 400 g/mol. The third-order valence-electron chi connectivity index (χ3n) is 5.04. The number of anilines is 1. The second-order valence-corrected chi connectivity index (χ2v) is 9.29. The summed E-state index contributed by atoms with van der Waals surface area (Å²) in [5, 5.41) is 3.49. The minimum Gasteiger partial charge on any atom is -0.492 e. The number of sulfonamides is 1. The van der Waals surface area contributed by atoms with Crippen molar-refractivity contribution < 1.29 is 17.9 Å². The van der Waals surface area contributed by atoms with E-state index in [9.17, 15) is 8.42 Å². The number of para-hydroxylation sites is 1. The molecule has 2 N–H and O–H groups in total. The minimum absolute atomic E-state index is 0.0720. The highest BCUT2D eigenvalue weighted by Gasteiger charge is 2.27. The van der Waals surface area contributed by atoms with Crippen LogP contribution < -0.4 is 14.8 Å². The largest absolute Gasteiger partial charge is 0.492 e. The Morgan fingerprint density at radius 1 is 1.14 bits per heavy atom. The fraction of sp³-hybridized carbons (Fsp3) is 0.400. The molecule has 2 aliphatic rings. The minimum atomic E-state index is -3.75. The summed E-state index contributed by atoms with van der Waals surface area (Å²) < 4.78 is 39.4. The van der Waals surface area contributed by atoms with E-state index in [1.165, 1.54) is 6.07 Å². The average molecular weight is 423 g/mol. The first-order valence-corrected chi connectivity index (χ1v) is 11.2. The van der Waals surface area contributed by atoms with Crippen molar-refractivity contribution in [2.75, 3.05) is 31.7 Å². The Labute approximate surface area is 170 Å². The summed E-state index contributed by atoms with van der Waals surface area (Å²) in [7, 11) is -3.75. The molecule has 1 saturated heterocycles. The van der Waals surface area contributed by atoms with Gasteiger partial charge in [-0.15, -0.1) is 0 Å². The highest BCUT2D eigenvalue weighted by molar-refractivity contribution is 7.89. The van der Waals surface area contributed by atoms with E-state index in [0.29, 0.717) is 12.3 Å². The van der Waals surface area contributed by atoms with Crippen LogP contribution in [0.4, 0.5) is 5.69 Å². The van der Waals surface area contributed by atoms with Crippen LogP contribution in [0.2, 0.25) is 5.02 Å². The van der Waals surface area contributed by atoms with Crippen molar-refractivity contribution in [3.05, 3.63) is 53.1 Å². The molecule has 0 saturated carbocycles. The molecule has 2 atom stereocenters. The SMILES string of the molecule is O=S(=O)(NC1COc2ccccc2C1)c1ccc(NCC2CCOC2)cc1Cl. The number of ether oxygens (including phenoxy) is 2. The van der Waals surface area contributed by atoms with Gasteiger partial charge in [0.2, 0.25) is 10.0 Å². The standard InChI is InChI=1S/C20H23ClN2O4S/c21-18-10-16(22-11-14-7-8-26-12-14)5-6-20(18)28(24,25)23-17-9-15-3-1-2-4-19(15)27-13-17/h1-6,10,14,17,22-23H,7-9,11-13H2. The molecular formula is C20H23ClN2O4S. The molecule has 28 heavy (non-hydrogen) atoms. The first kappa shape index (κ1) is 19.5. The molecule has 0 radical (unpaired) electrons. The topological polar surface area (TPSA) is 76.7 Å². The summed E-state index contributed by atoms with van der Waals surface area (Å²) in [4.78, 5) is 0.0720. The fourth-order valence-electron chi connectivity index (χ4n) is 3.52. The van der Waals surface area contributed by atoms with Gasteiger partial charge in [-0.25, -0.2) is 13.1 Å². The first-order valence-electron chi connectivity index (χ1n) is 9.35. The molecule has 4 rings (SSSR count). The van der Waals surface area contributed by atoms with Gasteiger partial charge in [0.15, 0.2) is 0 Å². The van der Waals surface area contributed by atoms with E-state index < -0.39 is 10.0 Å². The molecule has 150 valence electrons. The lowest BCUT2D eigenvalue weighted by atomic mass is 10.0. The second kappa shape index (κ2) is 8.29. The van der Waals surface area contributed by atoms with E-state index in [2.05, 4.69) is 10.0 Å². The fourth-order valence-corrected chi connectivity index (χ4v) is 5.29. The summed E-state index contributed by atoms with van der Waals surface area (Å²) in [6.07, 6.45) is 1.61. The quantitative estimate of drug-likeness (QED) is 0.748. The molecule has 0 spiro atoms. The van der Waals surface area contributed by atoms with Crippen LogP contribution in [0.25, 0.3) is 0 Å². The van der Waals surface area contributed by atoms with E-state index in [0.717, 1.165) is 43.2 Å². The lowest BCUT2D eigenvalue weighted by Crippen LogP contribution is -2.42. The molecule has 0 aromatic heterocycles. The number of rotatable bonds is 6.